The molecule has 2 heteroatoms. The van der Waals surface area contributed by atoms with Gasteiger partial charge in [0.05, 0.1) is 7.11 Å². The van der Waals surface area contributed by atoms with Gasteiger partial charge >= 0.3 is 5.97 Å². The number of ether oxygens (including phenoxy) is 1. The first-order chi connectivity index (χ1) is 5.57. The minimum atomic E-state index is -0.253. The molecule has 0 N–H and O–H groups in total. The van der Waals surface area contributed by atoms with Crippen LogP contribution in [-0.2, 0) is 9.53 Å². The molecule has 0 amide bonds. The Morgan fingerprint density at radius 3 is 2.50 bits per heavy atom. The molecule has 12 heavy (non-hydrogen) atoms. The molecule has 0 radical (unpaired) electrons. The SMILES string of the molecule is C=C(C)CC/C=C(\C)C(=O)OC. The summed E-state index contributed by atoms with van der Waals surface area (Å²) < 4.78 is 4.54. The van der Waals surface area contributed by atoms with Crippen molar-refractivity contribution in [3.05, 3.63) is 23.8 Å². The molecule has 0 aliphatic heterocycles. The Bertz CT molecular complexity index is 202. The monoisotopic (exact) mass is 168 g/mol. The maximum Gasteiger partial charge on any atom is 0.333 e. The highest BCUT2D eigenvalue weighted by Crippen LogP contribution is 2.04. The number of methoxy groups -OCH3 is 1. The van der Waals surface area contributed by atoms with Crippen LogP contribution in [0.5, 0.6) is 0 Å². The summed E-state index contributed by atoms with van der Waals surface area (Å²) in [6.07, 6.45) is 3.66. The Balaban J connectivity index is 3.84. The number of hydrogen-bond donors (Lipinski definition) is 0. The summed E-state index contributed by atoms with van der Waals surface area (Å²) in [4.78, 5) is 10.9. The topological polar surface area (TPSA) is 26.3 Å². The standard InChI is InChI=1S/C10H16O2/c1-8(2)6-5-7-9(3)10(11)12-4/h7H,1,5-6H2,2-4H3/b9-7+. The van der Waals surface area contributed by atoms with Crippen molar-refractivity contribution < 1.29 is 9.53 Å². The molecular formula is C10H16O2. The van der Waals surface area contributed by atoms with Crippen LogP contribution >= 0.6 is 0 Å². The lowest BCUT2D eigenvalue weighted by Gasteiger charge is -1.98. The van der Waals surface area contributed by atoms with E-state index in [1.165, 1.54) is 7.11 Å². The normalized spacial score (nSPS) is 11.1. The molecule has 0 unspecified atom stereocenters. The molecule has 0 aliphatic carbocycles. The van der Waals surface area contributed by atoms with Gasteiger partial charge in [0.15, 0.2) is 0 Å². The molecule has 0 aromatic heterocycles. The van der Waals surface area contributed by atoms with Gasteiger partial charge in [-0.1, -0.05) is 11.6 Å². The van der Waals surface area contributed by atoms with Gasteiger partial charge in [0.2, 0.25) is 0 Å². The molecule has 0 aromatic carbocycles. The molecule has 0 spiro atoms. The summed E-state index contributed by atoms with van der Waals surface area (Å²) in [5, 5.41) is 0. The van der Waals surface area contributed by atoms with E-state index in [9.17, 15) is 4.79 Å². The zero-order chi connectivity index (χ0) is 9.56. The minimum Gasteiger partial charge on any atom is -0.466 e. The van der Waals surface area contributed by atoms with E-state index in [1.54, 1.807) is 6.92 Å². The number of hydrogen-bond acceptors (Lipinski definition) is 2. The Kier molecular flexibility index (Phi) is 5.09. The van der Waals surface area contributed by atoms with Crippen molar-refractivity contribution in [2.45, 2.75) is 26.7 Å². The van der Waals surface area contributed by atoms with Gasteiger partial charge in [0, 0.05) is 5.57 Å². The molecule has 0 aliphatic rings. The lowest BCUT2D eigenvalue weighted by Crippen LogP contribution is -2.01. The Hall–Kier alpha value is -1.05. The maximum absolute atomic E-state index is 10.9. The maximum atomic E-state index is 10.9. The van der Waals surface area contributed by atoms with Crippen molar-refractivity contribution in [1.82, 2.24) is 0 Å². The summed E-state index contributed by atoms with van der Waals surface area (Å²) in [6, 6.07) is 0. The van der Waals surface area contributed by atoms with Crippen LogP contribution in [0.3, 0.4) is 0 Å². The second kappa shape index (κ2) is 5.58. The zero-order valence-electron chi connectivity index (χ0n) is 8.02. The molecule has 68 valence electrons. The third kappa shape index (κ3) is 4.72. The van der Waals surface area contributed by atoms with Crippen LogP contribution in [0.15, 0.2) is 23.8 Å². The summed E-state index contributed by atoms with van der Waals surface area (Å²) in [5.41, 5.74) is 1.79. The molecule has 0 fully saturated rings. The summed E-state index contributed by atoms with van der Waals surface area (Å²) >= 11 is 0. The highest BCUT2D eigenvalue weighted by Gasteiger charge is 2.00. The Morgan fingerprint density at radius 1 is 1.50 bits per heavy atom. The van der Waals surface area contributed by atoms with E-state index in [4.69, 9.17) is 0 Å². The van der Waals surface area contributed by atoms with Crippen LogP contribution in [0.4, 0.5) is 0 Å². The lowest BCUT2D eigenvalue weighted by atomic mass is 10.1. The molecular weight excluding hydrogens is 152 g/mol. The molecule has 0 atom stereocenters. The molecule has 0 saturated carbocycles. The van der Waals surface area contributed by atoms with E-state index < -0.39 is 0 Å². The van der Waals surface area contributed by atoms with Crippen LogP contribution < -0.4 is 0 Å². The smallest absolute Gasteiger partial charge is 0.333 e. The summed E-state index contributed by atoms with van der Waals surface area (Å²) in [6.45, 7) is 7.50. The van der Waals surface area contributed by atoms with Crippen molar-refractivity contribution in [3.8, 4) is 0 Å². The van der Waals surface area contributed by atoms with Crippen molar-refractivity contribution in [2.24, 2.45) is 0 Å². The van der Waals surface area contributed by atoms with Gasteiger partial charge in [-0.25, -0.2) is 4.79 Å². The number of carbonyl (C=O) groups excluding carboxylic acids is 1. The third-order valence-electron chi connectivity index (χ3n) is 1.53. The van der Waals surface area contributed by atoms with Gasteiger partial charge in [0.25, 0.3) is 0 Å². The van der Waals surface area contributed by atoms with Gasteiger partial charge in [-0.15, -0.1) is 6.58 Å². The van der Waals surface area contributed by atoms with Gasteiger partial charge in [-0.05, 0) is 26.7 Å². The van der Waals surface area contributed by atoms with Gasteiger partial charge in [-0.2, -0.15) is 0 Å². The number of rotatable bonds is 4. The van der Waals surface area contributed by atoms with E-state index in [0.29, 0.717) is 5.57 Å². The summed E-state index contributed by atoms with van der Waals surface area (Å²) in [5.74, 6) is -0.253. The van der Waals surface area contributed by atoms with E-state index in [2.05, 4.69) is 11.3 Å². The fraction of sp³-hybridized carbons (Fsp3) is 0.500. The van der Waals surface area contributed by atoms with Gasteiger partial charge in [0.1, 0.15) is 0 Å². The fourth-order valence-electron chi connectivity index (χ4n) is 0.779. The van der Waals surface area contributed by atoms with E-state index in [-0.39, 0.29) is 5.97 Å². The highest BCUT2D eigenvalue weighted by molar-refractivity contribution is 5.87. The average molecular weight is 168 g/mol. The third-order valence-corrected chi connectivity index (χ3v) is 1.53. The Labute approximate surface area is 73.9 Å². The van der Waals surface area contributed by atoms with E-state index >= 15 is 0 Å². The number of allylic oxidation sites excluding steroid dienone is 2. The first kappa shape index (κ1) is 11.0. The van der Waals surface area contributed by atoms with Crippen LogP contribution in [0.1, 0.15) is 26.7 Å². The molecule has 0 rings (SSSR count). The van der Waals surface area contributed by atoms with Crippen molar-refractivity contribution >= 4 is 5.97 Å². The first-order valence-electron chi connectivity index (χ1n) is 3.97. The van der Waals surface area contributed by atoms with Gasteiger partial charge < -0.3 is 4.74 Å². The van der Waals surface area contributed by atoms with Gasteiger partial charge in [-0.3, -0.25) is 0 Å². The van der Waals surface area contributed by atoms with Crippen LogP contribution in [-0.4, -0.2) is 13.1 Å². The molecule has 0 saturated heterocycles. The van der Waals surface area contributed by atoms with Crippen molar-refractivity contribution in [1.29, 1.82) is 0 Å². The predicted octanol–water partition coefficient (Wildman–Crippen LogP) is 2.46. The minimum absolute atomic E-state index is 0.253. The quantitative estimate of drug-likeness (QED) is 0.366. The molecule has 0 bridgehead atoms. The molecule has 0 aromatic rings. The second-order valence-electron chi connectivity index (χ2n) is 2.87. The molecule has 2 nitrogen and oxygen atoms in total. The lowest BCUT2D eigenvalue weighted by molar-refractivity contribution is -0.136. The predicted molar refractivity (Wildman–Crippen MR) is 49.8 cm³/mol. The van der Waals surface area contributed by atoms with E-state index in [1.807, 2.05) is 13.0 Å². The zero-order valence-corrected chi connectivity index (χ0v) is 8.02. The second-order valence-corrected chi connectivity index (χ2v) is 2.87. The number of carbonyl (C=O) groups is 1. The van der Waals surface area contributed by atoms with Crippen molar-refractivity contribution in [2.75, 3.05) is 7.11 Å². The summed E-state index contributed by atoms with van der Waals surface area (Å²) in [7, 11) is 1.39. The van der Waals surface area contributed by atoms with Crippen LogP contribution in [0.2, 0.25) is 0 Å². The average Bonchev–Trinajstić information content (AvgIpc) is 2.02. The number of esters is 1. The van der Waals surface area contributed by atoms with Crippen LogP contribution in [0.25, 0.3) is 0 Å². The highest BCUT2D eigenvalue weighted by atomic mass is 16.5. The van der Waals surface area contributed by atoms with Crippen molar-refractivity contribution in [3.63, 3.8) is 0 Å². The largest absolute Gasteiger partial charge is 0.466 e. The van der Waals surface area contributed by atoms with E-state index in [0.717, 1.165) is 18.4 Å². The first-order valence-corrected chi connectivity index (χ1v) is 3.97. The Morgan fingerprint density at radius 2 is 2.08 bits per heavy atom. The van der Waals surface area contributed by atoms with Crippen LogP contribution in [0, 0.1) is 0 Å². The fourth-order valence-corrected chi connectivity index (χ4v) is 0.779. The molecule has 0 heterocycles.